The zero-order chi connectivity index (χ0) is 10.4. The average Bonchev–Trinajstić information content (AvgIpc) is 2.18. The molecule has 0 saturated heterocycles. The molecule has 1 N–H and O–H groups in total. The van der Waals surface area contributed by atoms with Gasteiger partial charge in [0.15, 0.2) is 0 Å². The van der Waals surface area contributed by atoms with Gasteiger partial charge in [-0.3, -0.25) is 0 Å². The van der Waals surface area contributed by atoms with Crippen LogP contribution in [-0.4, -0.2) is 19.3 Å². The number of para-hydroxylation sites is 1. The molecule has 14 heavy (non-hydrogen) atoms. The largest absolute Gasteiger partial charge is 0.380 e. The molecule has 0 heterocycles. The summed E-state index contributed by atoms with van der Waals surface area (Å²) >= 11 is 0. The van der Waals surface area contributed by atoms with Crippen LogP contribution in [0, 0.1) is 6.92 Å². The fraction of sp³-hybridized carbons (Fsp3) is 0.500. The predicted octanol–water partition coefficient (Wildman–Crippen LogP) is 2.83. The van der Waals surface area contributed by atoms with E-state index in [2.05, 4.69) is 31.3 Å². The number of aryl methyl sites for hydroxylation is 1. The third-order valence-corrected chi connectivity index (χ3v) is 2.12. The van der Waals surface area contributed by atoms with Gasteiger partial charge in [0.05, 0.1) is 6.61 Å². The van der Waals surface area contributed by atoms with Crippen LogP contribution >= 0.6 is 0 Å². The van der Waals surface area contributed by atoms with Gasteiger partial charge in [-0.1, -0.05) is 18.2 Å². The molecular weight excluding hydrogens is 174 g/mol. The molecular formula is C12H19NO. The zero-order valence-corrected chi connectivity index (χ0v) is 9.21. The molecule has 0 bridgehead atoms. The van der Waals surface area contributed by atoms with Gasteiger partial charge in [0.25, 0.3) is 0 Å². The first-order valence-electron chi connectivity index (χ1n) is 5.14. The number of nitrogens with one attached hydrogen (secondary N) is 1. The van der Waals surface area contributed by atoms with Crippen LogP contribution in [-0.2, 0) is 4.74 Å². The minimum absolute atomic E-state index is 0.357. The van der Waals surface area contributed by atoms with Gasteiger partial charge < -0.3 is 10.1 Å². The average molecular weight is 193 g/mol. The van der Waals surface area contributed by atoms with E-state index in [-0.39, 0.29) is 0 Å². The molecule has 0 aliphatic carbocycles. The fourth-order valence-corrected chi connectivity index (χ4v) is 1.34. The van der Waals surface area contributed by atoms with Crippen molar-refractivity contribution in [2.45, 2.75) is 26.8 Å². The molecule has 2 nitrogen and oxygen atoms in total. The number of rotatable bonds is 5. The molecule has 78 valence electrons. The number of anilines is 1. The van der Waals surface area contributed by atoms with Crippen LogP contribution in [0.4, 0.5) is 5.69 Å². The molecule has 2 heteroatoms. The van der Waals surface area contributed by atoms with Crippen molar-refractivity contribution in [3.8, 4) is 0 Å². The first kappa shape index (κ1) is 11.1. The van der Waals surface area contributed by atoms with Crippen LogP contribution in [0.25, 0.3) is 0 Å². The Morgan fingerprint density at radius 2 is 2.07 bits per heavy atom. The predicted molar refractivity (Wildman–Crippen MR) is 60.8 cm³/mol. The Morgan fingerprint density at radius 3 is 2.71 bits per heavy atom. The maximum atomic E-state index is 5.34. The van der Waals surface area contributed by atoms with Crippen LogP contribution in [0.3, 0.4) is 0 Å². The highest BCUT2D eigenvalue weighted by Crippen LogP contribution is 2.14. The Bertz CT molecular complexity index is 273. The Labute approximate surface area is 86.3 Å². The first-order chi connectivity index (χ1) is 6.74. The summed E-state index contributed by atoms with van der Waals surface area (Å²) in [7, 11) is 0. The summed E-state index contributed by atoms with van der Waals surface area (Å²) in [6.07, 6.45) is 0. The van der Waals surface area contributed by atoms with Crippen LogP contribution in [0.1, 0.15) is 19.4 Å². The van der Waals surface area contributed by atoms with Gasteiger partial charge in [-0.05, 0) is 32.4 Å². The second-order valence-corrected chi connectivity index (χ2v) is 3.52. The number of ether oxygens (including phenoxy) is 1. The van der Waals surface area contributed by atoms with Crippen LogP contribution < -0.4 is 5.32 Å². The second kappa shape index (κ2) is 5.66. The lowest BCUT2D eigenvalue weighted by molar-refractivity contribution is 0.141. The van der Waals surface area contributed by atoms with E-state index in [0.29, 0.717) is 6.04 Å². The number of hydrogen-bond donors (Lipinski definition) is 1. The molecule has 0 saturated carbocycles. The molecule has 0 aliphatic heterocycles. The lowest BCUT2D eigenvalue weighted by atomic mass is 10.2. The summed E-state index contributed by atoms with van der Waals surface area (Å²) in [5.41, 5.74) is 2.47. The highest BCUT2D eigenvalue weighted by molar-refractivity contribution is 5.50. The van der Waals surface area contributed by atoms with Gasteiger partial charge in [-0.2, -0.15) is 0 Å². The summed E-state index contributed by atoms with van der Waals surface area (Å²) in [6, 6.07) is 8.65. The van der Waals surface area contributed by atoms with Gasteiger partial charge in [0.1, 0.15) is 0 Å². The molecule has 1 aromatic rings. The topological polar surface area (TPSA) is 21.3 Å². The van der Waals surface area contributed by atoms with Crippen molar-refractivity contribution in [3.63, 3.8) is 0 Å². The Balaban J connectivity index is 2.47. The Hall–Kier alpha value is -1.02. The molecule has 0 aliphatic rings. The Morgan fingerprint density at radius 1 is 1.36 bits per heavy atom. The number of hydrogen-bond acceptors (Lipinski definition) is 2. The molecule has 0 radical (unpaired) electrons. The van der Waals surface area contributed by atoms with E-state index in [4.69, 9.17) is 4.74 Å². The summed E-state index contributed by atoms with van der Waals surface area (Å²) < 4.78 is 5.34. The smallest absolute Gasteiger partial charge is 0.0664 e. The van der Waals surface area contributed by atoms with Crippen molar-refractivity contribution in [1.29, 1.82) is 0 Å². The molecule has 0 fully saturated rings. The summed E-state index contributed by atoms with van der Waals surface area (Å²) in [5, 5.41) is 3.42. The highest BCUT2D eigenvalue weighted by Gasteiger charge is 2.02. The summed E-state index contributed by atoms with van der Waals surface area (Å²) in [5.74, 6) is 0. The van der Waals surface area contributed by atoms with Crippen molar-refractivity contribution >= 4 is 5.69 Å². The third-order valence-electron chi connectivity index (χ3n) is 2.12. The summed E-state index contributed by atoms with van der Waals surface area (Å²) in [6.45, 7) is 7.78. The molecule has 1 unspecified atom stereocenters. The fourth-order valence-electron chi connectivity index (χ4n) is 1.34. The van der Waals surface area contributed by atoms with Gasteiger partial charge in [-0.15, -0.1) is 0 Å². The second-order valence-electron chi connectivity index (χ2n) is 3.52. The van der Waals surface area contributed by atoms with Crippen molar-refractivity contribution in [2.75, 3.05) is 18.5 Å². The van der Waals surface area contributed by atoms with Crippen molar-refractivity contribution in [3.05, 3.63) is 29.8 Å². The van der Waals surface area contributed by atoms with E-state index >= 15 is 0 Å². The van der Waals surface area contributed by atoms with Crippen molar-refractivity contribution in [1.82, 2.24) is 0 Å². The van der Waals surface area contributed by atoms with Crippen LogP contribution in [0.15, 0.2) is 24.3 Å². The maximum Gasteiger partial charge on any atom is 0.0664 e. The Kier molecular flexibility index (Phi) is 4.47. The lowest BCUT2D eigenvalue weighted by Crippen LogP contribution is -2.22. The van der Waals surface area contributed by atoms with Crippen LogP contribution in [0.2, 0.25) is 0 Å². The van der Waals surface area contributed by atoms with Gasteiger partial charge in [0, 0.05) is 18.3 Å². The minimum Gasteiger partial charge on any atom is -0.380 e. The van der Waals surface area contributed by atoms with Crippen LogP contribution in [0.5, 0.6) is 0 Å². The van der Waals surface area contributed by atoms with Gasteiger partial charge in [-0.25, -0.2) is 0 Å². The van der Waals surface area contributed by atoms with E-state index < -0.39 is 0 Å². The number of benzene rings is 1. The van der Waals surface area contributed by atoms with Crippen molar-refractivity contribution in [2.24, 2.45) is 0 Å². The van der Waals surface area contributed by atoms with Gasteiger partial charge in [0.2, 0.25) is 0 Å². The molecule has 1 atom stereocenters. The monoisotopic (exact) mass is 193 g/mol. The van der Waals surface area contributed by atoms with Gasteiger partial charge >= 0.3 is 0 Å². The lowest BCUT2D eigenvalue weighted by Gasteiger charge is -2.16. The van der Waals surface area contributed by atoms with Crippen molar-refractivity contribution < 1.29 is 4.74 Å². The van der Waals surface area contributed by atoms with E-state index in [1.165, 1.54) is 11.3 Å². The standard InChI is InChI=1S/C12H19NO/c1-4-14-9-11(3)13-12-8-6-5-7-10(12)2/h5-8,11,13H,4,9H2,1-3H3. The quantitative estimate of drug-likeness (QED) is 0.776. The normalized spacial score (nSPS) is 12.5. The molecule has 0 amide bonds. The maximum absolute atomic E-state index is 5.34. The van der Waals surface area contributed by atoms with E-state index in [1.807, 2.05) is 19.1 Å². The van der Waals surface area contributed by atoms with E-state index in [1.54, 1.807) is 0 Å². The SMILES string of the molecule is CCOCC(C)Nc1ccccc1C. The summed E-state index contributed by atoms with van der Waals surface area (Å²) in [4.78, 5) is 0. The van der Waals surface area contributed by atoms with E-state index in [0.717, 1.165) is 13.2 Å². The van der Waals surface area contributed by atoms with E-state index in [9.17, 15) is 0 Å². The first-order valence-corrected chi connectivity index (χ1v) is 5.14. The zero-order valence-electron chi connectivity index (χ0n) is 9.21. The molecule has 1 aromatic carbocycles. The molecule has 0 spiro atoms. The highest BCUT2D eigenvalue weighted by atomic mass is 16.5. The third kappa shape index (κ3) is 3.38. The molecule has 0 aromatic heterocycles. The molecule has 1 rings (SSSR count). The minimum atomic E-state index is 0.357.